The molecule has 1 aromatic heterocycles. The van der Waals surface area contributed by atoms with E-state index in [0.29, 0.717) is 0 Å². The van der Waals surface area contributed by atoms with E-state index in [-0.39, 0.29) is 0 Å². The van der Waals surface area contributed by atoms with Crippen LogP contribution in [0.4, 0.5) is 0 Å². The molecular formula is C14H16NP. The van der Waals surface area contributed by atoms with Crippen LogP contribution in [0.3, 0.4) is 0 Å². The van der Waals surface area contributed by atoms with E-state index < -0.39 is 0 Å². The van der Waals surface area contributed by atoms with Gasteiger partial charge in [0.25, 0.3) is 0 Å². The maximum atomic E-state index is 3.49. The zero-order valence-corrected chi connectivity index (χ0v) is 10.5. The minimum Gasteiger partial charge on any atom is -0.358 e. The zero-order valence-electron chi connectivity index (χ0n) is 9.51. The summed E-state index contributed by atoms with van der Waals surface area (Å²) in [6, 6.07) is 8.62. The topological polar surface area (TPSA) is 15.8 Å². The summed E-state index contributed by atoms with van der Waals surface area (Å²) >= 11 is 0. The van der Waals surface area contributed by atoms with E-state index in [4.69, 9.17) is 0 Å². The maximum Gasteiger partial charge on any atom is 0.0462 e. The summed E-state index contributed by atoms with van der Waals surface area (Å²) in [5.41, 5.74) is 5.60. The molecule has 3 rings (SSSR count). The van der Waals surface area contributed by atoms with Gasteiger partial charge in [-0.2, -0.15) is 0 Å². The molecule has 0 radical (unpaired) electrons. The Kier molecular flexibility index (Phi) is 2.57. The lowest BCUT2D eigenvalue weighted by atomic mass is 10.00. The highest BCUT2D eigenvalue weighted by atomic mass is 31.1. The highest BCUT2D eigenvalue weighted by Crippen LogP contribution is 2.37. The lowest BCUT2D eigenvalue weighted by Gasteiger charge is -2.13. The van der Waals surface area contributed by atoms with Crippen molar-refractivity contribution in [1.82, 2.24) is 4.98 Å². The Morgan fingerprint density at radius 2 is 2.12 bits per heavy atom. The maximum absolute atomic E-state index is 3.49. The molecule has 1 unspecified atom stereocenters. The van der Waals surface area contributed by atoms with Crippen LogP contribution < -0.4 is 0 Å². The van der Waals surface area contributed by atoms with E-state index in [0.717, 1.165) is 8.58 Å². The first kappa shape index (κ1) is 10.1. The van der Waals surface area contributed by atoms with E-state index in [1.54, 1.807) is 5.57 Å². The Balaban J connectivity index is 2.21. The Hall–Kier alpha value is -1.07. The van der Waals surface area contributed by atoms with Crippen LogP contribution in [0.1, 0.15) is 24.1 Å². The highest BCUT2D eigenvalue weighted by Gasteiger charge is 2.13. The van der Waals surface area contributed by atoms with E-state index in [2.05, 4.69) is 42.0 Å². The third-order valence-electron chi connectivity index (χ3n) is 3.26. The van der Waals surface area contributed by atoms with Crippen LogP contribution in [-0.4, -0.2) is 11.1 Å². The van der Waals surface area contributed by atoms with Crippen molar-refractivity contribution < 1.29 is 0 Å². The molecule has 0 bridgehead atoms. The van der Waals surface area contributed by atoms with Crippen LogP contribution in [0, 0.1) is 6.92 Å². The molecule has 0 saturated heterocycles. The highest BCUT2D eigenvalue weighted by molar-refractivity contribution is 7.42. The molecule has 0 aliphatic carbocycles. The summed E-state index contributed by atoms with van der Waals surface area (Å²) in [6.07, 6.45) is 3.98. The molecule has 2 aromatic rings. The van der Waals surface area contributed by atoms with Crippen molar-refractivity contribution in [3.8, 4) is 0 Å². The fourth-order valence-corrected chi connectivity index (χ4v) is 3.60. The van der Waals surface area contributed by atoms with Crippen LogP contribution in [-0.2, 0) is 0 Å². The quantitative estimate of drug-likeness (QED) is 0.702. The van der Waals surface area contributed by atoms with E-state index in [1.165, 1.54) is 41.2 Å². The van der Waals surface area contributed by atoms with Gasteiger partial charge in [-0.3, -0.25) is 0 Å². The smallest absolute Gasteiger partial charge is 0.0462 e. The van der Waals surface area contributed by atoms with Gasteiger partial charge in [-0.1, -0.05) is 32.6 Å². The Morgan fingerprint density at radius 3 is 2.94 bits per heavy atom. The van der Waals surface area contributed by atoms with Crippen LogP contribution in [0.25, 0.3) is 16.5 Å². The fraction of sp³-hybridized carbons (Fsp3) is 0.286. The van der Waals surface area contributed by atoms with Crippen molar-refractivity contribution in [3.05, 3.63) is 41.3 Å². The molecule has 0 spiro atoms. The molecule has 1 aliphatic rings. The third kappa shape index (κ3) is 1.60. The third-order valence-corrected chi connectivity index (χ3v) is 4.45. The molecule has 0 saturated carbocycles. The van der Waals surface area contributed by atoms with Gasteiger partial charge in [0.2, 0.25) is 0 Å². The number of nitrogens with one attached hydrogen (secondary N) is 1. The largest absolute Gasteiger partial charge is 0.358 e. The van der Waals surface area contributed by atoms with Crippen molar-refractivity contribution in [1.29, 1.82) is 0 Å². The van der Waals surface area contributed by atoms with Crippen molar-refractivity contribution in [2.45, 2.75) is 19.8 Å². The molecule has 2 heterocycles. The number of para-hydroxylation sites is 1. The first-order valence-corrected chi connectivity index (χ1v) is 7.15. The van der Waals surface area contributed by atoms with Gasteiger partial charge in [-0.15, -0.1) is 0 Å². The fourth-order valence-electron chi connectivity index (χ4n) is 2.54. The summed E-state index contributed by atoms with van der Waals surface area (Å²) in [7, 11) is 1.01. The summed E-state index contributed by atoms with van der Waals surface area (Å²) in [5, 5.41) is 1.39. The van der Waals surface area contributed by atoms with Crippen LogP contribution in [0.2, 0.25) is 0 Å². The van der Waals surface area contributed by atoms with Crippen molar-refractivity contribution in [2.75, 3.05) is 6.16 Å². The summed E-state index contributed by atoms with van der Waals surface area (Å²) < 4.78 is 0. The first-order valence-electron chi connectivity index (χ1n) is 5.86. The second-order valence-corrected chi connectivity index (χ2v) is 5.59. The lowest BCUT2D eigenvalue weighted by Crippen LogP contribution is -1.91. The second-order valence-electron chi connectivity index (χ2n) is 4.40. The molecule has 1 aromatic carbocycles. The van der Waals surface area contributed by atoms with Crippen LogP contribution >= 0.6 is 8.58 Å². The summed E-state index contributed by atoms with van der Waals surface area (Å²) in [5.74, 6) is 2.45. The van der Waals surface area contributed by atoms with Gasteiger partial charge in [0, 0.05) is 22.2 Å². The van der Waals surface area contributed by atoms with Crippen molar-refractivity contribution in [3.63, 3.8) is 0 Å². The normalized spacial score (nSPS) is 17.9. The molecule has 16 heavy (non-hydrogen) atoms. The molecule has 0 fully saturated rings. The van der Waals surface area contributed by atoms with Gasteiger partial charge in [-0.05, 0) is 37.6 Å². The Labute approximate surface area is 97.7 Å². The van der Waals surface area contributed by atoms with Gasteiger partial charge in [0.15, 0.2) is 0 Å². The number of aromatic amines is 1. The standard InChI is InChI=1S/C14H16NP/c1-10-14(11-5-4-8-16-9-11)12-6-2-3-7-13(12)15-10/h2-3,6-7,9,15-16H,4-5,8H2,1H3. The average molecular weight is 229 g/mol. The van der Waals surface area contributed by atoms with E-state index >= 15 is 0 Å². The number of hydrogen-bond donors (Lipinski definition) is 1. The summed E-state index contributed by atoms with van der Waals surface area (Å²) in [4.78, 5) is 3.49. The van der Waals surface area contributed by atoms with Gasteiger partial charge in [0.1, 0.15) is 0 Å². The number of H-pyrrole nitrogens is 1. The van der Waals surface area contributed by atoms with Crippen LogP contribution in [0.5, 0.6) is 0 Å². The molecule has 1 N–H and O–H groups in total. The predicted molar refractivity (Wildman–Crippen MR) is 73.4 cm³/mol. The predicted octanol–water partition coefficient (Wildman–Crippen LogP) is 4.29. The number of allylic oxidation sites excluding steroid dienone is 1. The second kappa shape index (κ2) is 4.07. The van der Waals surface area contributed by atoms with Gasteiger partial charge >= 0.3 is 0 Å². The molecule has 0 amide bonds. The van der Waals surface area contributed by atoms with E-state index in [1.807, 2.05) is 0 Å². The molecule has 82 valence electrons. The lowest BCUT2D eigenvalue weighted by molar-refractivity contribution is 0.976. The SMILES string of the molecule is Cc1[nH]c2ccccc2c1C1=CPCCC1. The molecule has 2 heteroatoms. The average Bonchev–Trinajstić information content (AvgIpc) is 2.66. The molecule has 1 aliphatic heterocycles. The monoisotopic (exact) mass is 229 g/mol. The minimum atomic E-state index is 1.01. The number of aryl methyl sites for hydroxylation is 1. The molecule has 1 atom stereocenters. The first-order chi connectivity index (χ1) is 7.86. The zero-order chi connectivity index (χ0) is 11.0. The van der Waals surface area contributed by atoms with Crippen molar-refractivity contribution >= 4 is 25.1 Å². The number of benzene rings is 1. The Morgan fingerprint density at radius 1 is 1.25 bits per heavy atom. The number of aromatic nitrogens is 1. The molecule has 1 nitrogen and oxygen atoms in total. The summed E-state index contributed by atoms with van der Waals surface area (Å²) in [6.45, 7) is 2.19. The van der Waals surface area contributed by atoms with Gasteiger partial charge in [0.05, 0.1) is 0 Å². The number of hydrogen-bond acceptors (Lipinski definition) is 0. The van der Waals surface area contributed by atoms with Gasteiger partial charge in [-0.25, -0.2) is 0 Å². The van der Waals surface area contributed by atoms with Crippen LogP contribution in [0.15, 0.2) is 30.1 Å². The van der Waals surface area contributed by atoms with Gasteiger partial charge < -0.3 is 4.98 Å². The number of rotatable bonds is 1. The Bertz CT molecular complexity index is 551. The van der Waals surface area contributed by atoms with Crippen molar-refractivity contribution in [2.24, 2.45) is 0 Å². The minimum absolute atomic E-state index is 1.01. The molecular weight excluding hydrogens is 213 g/mol. The van der Waals surface area contributed by atoms with E-state index in [9.17, 15) is 0 Å². The number of fused-ring (bicyclic) bond motifs is 1.